The summed E-state index contributed by atoms with van der Waals surface area (Å²) >= 11 is 0. The summed E-state index contributed by atoms with van der Waals surface area (Å²) in [7, 11) is 0. The number of fused-ring (bicyclic) bond motifs is 1. The van der Waals surface area contributed by atoms with Crippen molar-refractivity contribution in [3.05, 3.63) is 125 Å². The number of benzene rings is 4. The maximum atomic E-state index is 13.5. The number of para-hydroxylation sites is 3. The van der Waals surface area contributed by atoms with Crippen LogP contribution in [-0.2, 0) is 17.8 Å². The van der Waals surface area contributed by atoms with Gasteiger partial charge >= 0.3 is 5.97 Å². The maximum Gasteiger partial charge on any atom is 0.326 e. The number of rotatable bonds is 13. The summed E-state index contributed by atoms with van der Waals surface area (Å²) in [5.41, 5.74) is 5.75. The predicted octanol–water partition coefficient (Wildman–Crippen LogP) is 5.95. The second kappa shape index (κ2) is 13.1. The molecule has 214 valence electrons. The number of aliphatic carboxylic acids is 1. The normalized spacial score (nSPS) is 11.8. The van der Waals surface area contributed by atoms with Gasteiger partial charge in [0, 0.05) is 29.8 Å². The molecular weight excluding hydrogens is 530 g/mol. The molecule has 5 aromatic rings. The standard InChI is InChI=1S/C34H33N3O5/c1-22-8-7-9-23(2)32(22)33(38)26-10-3-4-11-27(26)36-29(34(39)40)20-24-14-16-25(17-15-24)41-19-18-35-21-31-37-28-12-5-6-13-30(28)42-31/h3-17,29,35-36H,18-21H2,1-2H3,(H,39,40). The molecule has 0 saturated heterocycles. The third-order valence-electron chi connectivity index (χ3n) is 7.03. The van der Waals surface area contributed by atoms with Gasteiger partial charge in [0.15, 0.2) is 11.4 Å². The monoisotopic (exact) mass is 563 g/mol. The van der Waals surface area contributed by atoms with Crippen LogP contribution in [0.1, 0.15) is 38.5 Å². The summed E-state index contributed by atoms with van der Waals surface area (Å²) in [5, 5.41) is 16.3. The fraction of sp³-hybridized carbons (Fsp3) is 0.206. The highest BCUT2D eigenvalue weighted by atomic mass is 16.5. The topological polar surface area (TPSA) is 114 Å². The van der Waals surface area contributed by atoms with Crippen molar-refractivity contribution < 1.29 is 23.8 Å². The Morgan fingerprint density at radius 1 is 0.905 bits per heavy atom. The molecule has 0 amide bonds. The summed E-state index contributed by atoms with van der Waals surface area (Å²) in [5.74, 6) is 0.170. The molecule has 1 unspecified atom stereocenters. The highest BCUT2D eigenvalue weighted by molar-refractivity contribution is 6.14. The van der Waals surface area contributed by atoms with Crippen LogP contribution in [0.2, 0.25) is 0 Å². The smallest absolute Gasteiger partial charge is 0.326 e. The number of hydrogen-bond donors (Lipinski definition) is 3. The Balaban J connectivity index is 1.16. The molecule has 1 atom stereocenters. The van der Waals surface area contributed by atoms with Gasteiger partial charge in [0.25, 0.3) is 0 Å². The van der Waals surface area contributed by atoms with Gasteiger partial charge in [-0.25, -0.2) is 9.78 Å². The first-order valence-electron chi connectivity index (χ1n) is 13.9. The SMILES string of the molecule is Cc1cccc(C)c1C(=O)c1ccccc1NC(Cc1ccc(OCCNCc2nc3ccccc3o2)cc1)C(=O)O. The number of ketones is 1. The van der Waals surface area contributed by atoms with Crippen molar-refractivity contribution in [3.63, 3.8) is 0 Å². The molecule has 0 bridgehead atoms. The van der Waals surface area contributed by atoms with E-state index in [0.717, 1.165) is 27.8 Å². The van der Waals surface area contributed by atoms with Gasteiger partial charge in [-0.15, -0.1) is 0 Å². The predicted molar refractivity (Wildman–Crippen MR) is 162 cm³/mol. The second-order valence-corrected chi connectivity index (χ2v) is 10.1. The lowest BCUT2D eigenvalue weighted by molar-refractivity contribution is -0.137. The summed E-state index contributed by atoms with van der Waals surface area (Å²) in [4.78, 5) is 30.1. The van der Waals surface area contributed by atoms with Crippen LogP contribution >= 0.6 is 0 Å². The van der Waals surface area contributed by atoms with E-state index in [1.54, 1.807) is 24.3 Å². The minimum atomic E-state index is -1.00. The lowest BCUT2D eigenvalue weighted by Gasteiger charge is -2.19. The van der Waals surface area contributed by atoms with Crippen LogP contribution in [0.15, 0.2) is 95.4 Å². The Morgan fingerprint density at radius 2 is 1.62 bits per heavy atom. The van der Waals surface area contributed by atoms with Gasteiger partial charge in [-0.3, -0.25) is 4.79 Å². The van der Waals surface area contributed by atoms with Crippen molar-refractivity contribution in [1.29, 1.82) is 0 Å². The van der Waals surface area contributed by atoms with Gasteiger partial charge in [0.05, 0.1) is 6.54 Å². The van der Waals surface area contributed by atoms with Gasteiger partial charge in [0.2, 0.25) is 5.89 Å². The van der Waals surface area contributed by atoms with Gasteiger partial charge in [-0.05, 0) is 66.9 Å². The number of carboxylic acid groups (broad SMARTS) is 1. The van der Waals surface area contributed by atoms with Crippen LogP contribution in [0, 0.1) is 13.8 Å². The molecule has 8 heteroatoms. The number of carboxylic acids is 1. The molecule has 42 heavy (non-hydrogen) atoms. The van der Waals surface area contributed by atoms with Crippen molar-refractivity contribution in [2.75, 3.05) is 18.5 Å². The van der Waals surface area contributed by atoms with E-state index in [-0.39, 0.29) is 12.2 Å². The molecule has 5 rings (SSSR count). The molecule has 3 N–H and O–H groups in total. The molecule has 4 aromatic carbocycles. The highest BCUT2D eigenvalue weighted by Crippen LogP contribution is 2.25. The minimum Gasteiger partial charge on any atom is -0.492 e. The fourth-order valence-electron chi connectivity index (χ4n) is 4.89. The van der Waals surface area contributed by atoms with E-state index in [4.69, 9.17) is 9.15 Å². The molecule has 0 aliphatic rings. The van der Waals surface area contributed by atoms with Gasteiger partial charge < -0.3 is 24.9 Å². The number of anilines is 1. The van der Waals surface area contributed by atoms with E-state index in [1.165, 1.54) is 0 Å². The number of oxazole rings is 1. The molecule has 1 heterocycles. The average Bonchev–Trinajstić information content (AvgIpc) is 3.40. The molecule has 0 fully saturated rings. The number of ether oxygens (including phenoxy) is 1. The van der Waals surface area contributed by atoms with Crippen molar-refractivity contribution in [2.24, 2.45) is 0 Å². The summed E-state index contributed by atoms with van der Waals surface area (Å²) in [6.07, 6.45) is 0.230. The first kappa shape index (κ1) is 28.6. The Labute approximate surface area is 244 Å². The average molecular weight is 564 g/mol. The van der Waals surface area contributed by atoms with Crippen molar-refractivity contribution in [1.82, 2.24) is 10.3 Å². The van der Waals surface area contributed by atoms with E-state index in [2.05, 4.69) is 15.6 Å². The summed E-state index contributed by atoms with van der Waals surface area (Å²) in [6.45, 7) is 5.36. The fourth-order valence-corrected chi connectivity index (χ4v) is 4.89. The van der Waals surface area contributed by atoms with Crippen molar-refractivity contribution >= 4 is 28.5 Å². The first-order valence-corrected chi connectivity index (χ1v) is 13.9. The number of nitrogens with zero attached hydrogens (tertiary/aromatic N) is 1. The van der Waals surface area contributed by atoms with E-state index in [9.17, 15) is 14.7 Å². The Hall–Kier alpha value is -4.95. The number of aryl methyl sites for hydroxylation is 2. The van der Waals surface area contributed by atoms with E-state index >= 15 is 0 Å². The first-order chi connectivity index (χ1) is 20.4. The maximum absolute atomic E-state index is 13.5. The Kier molecular flexibility index (Phi) is 8.94. The lowest BCUT2D eigenvalue weighted by atomic mass is 9.93. The number of nitrogens with one attached hydrogen (secondary N) is 2. The quantitative estimate of drug-likeness (QED) is 0.119. The van der Waals surface area contributed by atoms with Crippen LogP contribution < -0.4 is 15.4 Å². The van der Waals surface area contributed by atoms with E-state index < -0.39 is 12.0 Å². The zero-order valence-corrected chi connectivity index (χ0v) is 23.6. The number of carbonyl (C=O) groups is 2. The van der Waals surface area contributed by atoms with Crippen LogP contribution in [0.4, 0.5) is 5.69 Å². The number of aromatic nitrogens is 1. The summed E-state index contributed by atoms with van der Waals surface area (Å²) < 4.78 is 11.5. The molecule has 0 saturated carbocycles. The van der Waals surface area contributed by atoms with Crippen LogP contribution in [0.5, 0.6) is 5.75 Å². The molecule has 0 spiro atoms. The van der Waals surface area contributed by atoms with Crippen molar-refractivity contribution in [2.45, 2.75) is 32.9 Å². The largest absolute Gasteiger partial charge is 0.492 e. The third kappa shape index (κ3) is 6.85. The Morgan fingerprint density at radius 3 is 2.36 bits per heavy atom. The summed E-state index contributed by atoms with van der Waals surface area (Å²) in [6, 6.07) is 26.8. The zero-order chi connectivity index (χ0) is 29.5. The molecule has 1 aromatic heterocycles. The van der Waals surface area contributed by atoms with Crippen molar-refractivity contribution in [3.8, 4) is 5.75 Å². The van der Waals surface area contributed by atoms with Crippen LogP contribution in [-0.4, -0.2) is 41.0 Å². The van der Waals surface area contributed by atoms with E-state index in [1.807, 2.05) is 80.6 Å². The lowest BCUT2D eigenvalue weighted by Crippen LogP contribution is -2.32. The number of hydrogen-bond acceptors (Lipinski definition) is 7. The number of carbonyl (C=O) groups excluding carboxylic acids is 1. The molecule has 0 radical (unpaired) electrons. The molecular formula is C34H33N3O5. The van der Waals surface area contributed by atoms with Crippen LogP contribution in [0.3, 0.4) is 0 Å². The van der Waals surface area contributed by atoms with Gasteiger partial charge in [-0.1, -0.05) is 54.6 Å². The molecule has 0 aliphatic carbocycles. The Bertz CT molecular complexity index is 1640. The second-order valence-electron chi connectivity index (χ2n) is 10.1. The molecule has 8 nitrogen and oxygen atoms in total. The third-order valence-corrected chi connectivity index (χ3v) is 7.03. The van der Waals surface area contributed by atoms with Crippen LogP contribution in [0.25, 0.3) is 11.1 Å². The highest BCUT2D eigenvalue weighted by Gasteiger charge is 2.22. The van der Waals surface area contributed by atoms with E-state index in [0.29, 0.717) is 48.2 Å². The van der Waals surface area contributed by atoms with Gasteiger partial charge in [-0.2, -0.15) is 0 Å². The molecule has 0 aliphatic heterocycles. The zero-order valence-electron chi connectivity index (χ0n) is 23.6. The minimum absolute atomic E-state index is 0.136. The van der Waals surface area contributed by atoms with Gasteiger partial charge in [0.1, 0.15) is 23.9 Å².